The number of aromatic nitrogens is 2. The Morgan fingerprint density at radius 1 is 1.67 bits per heavy atom. The van der Waals surface area contributed by atoms with Crippen LogP contribution in [-0.4, -0.2) is 33.1 Å². The van der Waals surface area contributed by atoms with Crippen molar-refractivity contribution in [2.75, 3.05) is 0 Å². The SMILES string of the molecule is C[C@H](NC(=O)NCc1cnc[nH]1)C(=O)O. The summed E-state index contributed by atoms with van der Waals surface area (Å²) in [5.74, 6) is -1.08. The predicted octanol–water partition coefficient (Wildman–Crippen LogP) is -0.318. The minimum absolute atomic E-state index is 0.276. The van der Waals surface area contributed by atoms with Gasteiger partial charge in [0.25, 0.3) is 0 Å². The summed E-state index contributed by atoms with van der Waals surface area (Å²) in [6.07, 6.45) is 3.07. The monoisotopic (exact) mass is 212 g/mol. The molecule has 1 aromatic rings. The number of aliphatic carboxylic acids is 1. The van der Waals surface area contributed by atoms with Gasteiger partial charge in [-0.3, -0.25) is 4.79 Å². The maximum Gasteiger partial charge on any atom is 0.325 e. The van der Waals surface area contributed by atoms with Crippen LogP contribution in [0.5, 0.6) is 0 Å². The van der Waals surface area contributed by atoms with Crippen LogP contribution in [0, 0.1) is 0 Å². The van der Waals surface area contributed by atoms with Crippen molar-refractivity contribution in [3.63, 3.8) is 0 Å². The summed E-state index contributed by atoms with van der Waals surface area (Å²) in [7, 11) is 0. The number of carbonyl (C=O) groups is 2. The summed E-state index contributed by atoms with van der Waals surface area (Å²) in [6.45, 7) is 1.66. The van der Waals surface area contributed by atoms with Crippen molar-refractivity contribution in [3.05, 3.63) is 18.2 Å². The van der Waals surface area contributed by atoms with E-state index in [4.69, 9.17) is 5.11 Å². The summed E-state index contributed by atoms with van der Waals surface area (Å²) < 4.78 is 0. The summed E-state index contributed by atoms with van der Waals surface area (Å²) >= 11 is 0. The van der Waals surface area contributed by atoms with Crippen molar-refractivity contribution in [3.8, 4) is 0 Å². The van der Waals surface area contributed by atoms with Gasteiger partial charge in [0.1, 0.15) is 6.04 Å². The van der Waals surface area contributed by atoms with E-state index in [-0.39, 0.29) is 6.54 Å². The van der Waals surface area contributed by atoms with E-state index in [2.05, 4.69) is 20.6 Å². The van der Waals surface area contributed by atoms with Gasteiger partial charge in [0.2, 0.25) is 0 Å². The number of nitrogens with one attached hydrogen (secondary N) is 3. The molecule has 0 saturated carbocycles. The third-order valence-corrected chi connectivity index (χ3v) is 1.71. The topological polar surface area (TPSA) is 107 Å². The van der Waals surface area contributed by atoms with E-state index < -0.39 is 18.0 Å². The van der Waals surface area contributed by atoms with E-state index in [0.717, 1.165) is 5.69 Å². The van der Waals surface area contributed by atoms with Crippen LogP contribution in [0.2, 0.25) is 0 Å². The first-order valence-corrected chi connectivity index (χ1v) is 4.34. The van der Waals surface area contributed by atoms with E-state index in [9.17, 15) is 9.59 Å². The molecule has 2 amide bonds. The molecule has 0 aliphatic carbocycles. The Bertz CT molecular complexity index is 336. The molecule has 1 atom stereocenters. The Labute approximate surface area is 85.9 Å². The Balaban J connectivity index is 2.28. The molecule has 0 radical (unpaired) electrons. The zero-order valence-electron chi connectivity index (χ0n) is 8.15. The van der Waals surface area contributed by atoms with E-state index >= 15 is 0 Å². The highest BCUT2D eigenvalue weighted by molar-refractivity contribution is 5.82. The molecule has 82 valence electrons. The lowest BCUT2D eigenvalue weighted by molar-refractivity contribution is -0.138. The fourth-order valence-electron chi connectivity index (χ4n) is 0.866. The van der Waals surface area contributed by atoms with Crippen LogP contribution < -0.4 is 10.6 Å². The smallest absolute Gasteiger partial charge is 0.325 e. The number of carboxylic acid groups (broad SMARTS) is 1. The van der Waals surface area contributed by atoms with Gasteiger partial charge < -0.3 is 20.7 Å². The lowest BCUT2D eigenvalue weighted by Crippen LogP contribution is -2.44. The number of carbonyl (C=O) groups excluding carboxylic acids is 1. The molecule has 0 bridgehead atoms. The summed E-state index contributed by atoms with van der Waals surface area (Å²) in [5, 5.41) is 13.3. The molecule has 1 heterocycles. The van der Waals surface area contributed by atoms with Crippen molar-refractivity contribution in [1.82, 2.24) is 20.6 Å². The predicted molar refractivity (Wildman–Crippen MR) is 51.1 cm³/mol. The Morgan fingerprint density at radius 3 is 2.93 bits per heavy atom. The van der Waals surface area contributed by atoms with Crippen LogP contribution in [0.3, 0.4) is 0 Å². The molecule has 0 saturated heterocycles. The second-order valence-electron chi connectivity index (χ2n) is 2.96. The molecular formula is C8H12N4O3. The number of hydrogen-bond donors (Lipinski definition) is 4. The molecule has 1 aromatic heterocycles. The average molecular weight is 212 g/mol. The van der Waals surface area contributed by atoms with Gasteiger partial charge in [-0.05, 0) is 6.92 Å². The lowest BCUT2D eigenvalue weighted by Gasteiger charge is -2.09. The van der Waals surface area contributed by atoms with Gasteiger partial charge in [0.15, 0.2) is 0 Å². The maximum atomic E-state index is 11.1. The normalized spacial score (nSPS) is 11.8. The van der Waals surface area contributed by atoms with Crippen molar-refractivity contribution >= 4 is 12.0 Å². The zero-order chi connectivity index (χ0) is 11.3. The van der Waals surface area contributed by atoms with Gasteiger partial charge in [-0.2, -0.15) is 0 Å². The number of urea groups is 1. The minimum Gasteiger partial charge on any atom is -0.480 e. The maximum absolute atomic E-state index is 11.1. The van der Waals surface area contributed by atoms with E-state index in [0.29, 0.717) is 0 Å². The summed E-state index contributed by atoms with van der Waals surface area (Å²) in [6, 6.07) is -1.44. The highest BCUT2D eigenvalue weighted by atomic mass is 16.4. The Morgan fingerprint density at radius 2 is 2.40 bits per heavy atom. The van der Waals surface area contributed by atoms with Crippen LogP contribution in [0.15, 0.2) is 12.5 Å². The van der Waals surface area contributed by atoms with E-state index in [1.807, 2.05) is 0 Å². The fourth-order valence-corrected chi connectivity index (χ4v) is 0.866. The molecule has 15 heavy (non-hydrogen) atoms. The molecule has 0 aliphatic rings. The number of amides is 2. The van der Waals surface area contributed by atoms with Crippen molar-refractivity contribution in [2.45, 2.75) is 19.5 Å². The van der Waals surface area contributed by atoms with Crippen LogP contribution in [0.1, 0.15) is 12.6 Å². The van der Waals surface area contributed by atoms with Gasteiger partial charge >= 0.3 is 12.0 Å². The Kier molecular flexibility index (Phi) is 3.67. The van der Waals surface area contributed by atoms with Gasteiger partial charge in [-0.15, -0.1) is 0 Å². The zero-order valence-corrected chi connectivity index (χ0v) is 8.15. The molecule has 0 aliphatic heterocycles. The molecule has 7 heteroatoms. The molecule has 1 rings (SSSR count). The first-order chi connectivity index (χ1) is 7.09. The molecule has 7 nitrogen and oxygen atoms in total. The summed E-state index contributed by atoms with van der Waals surface area (Å²) in [4.78, 5) is 28.1. The molecule has 0 spiro atoms. The number of hydrogen-bond acceptors (Lipinski definition) is 3. The average Bonchev–Trinajstić information content (AvgIpc) is 2.66. The first kappa shape index (κ1) is 11.0. The largest absolute Gasteiger partial charge is 0.480 e. The van der Waals surface area contributed by atoms with Crippen LogP contribution in [0.25, 0.3) is 0 Å². The second kappa shape index (κ2) is 4.99. The molecule has 0 aromatic carbocycles. The van der Waals surface area contributed by atoms with Crippen molar-refractivity contribution < 1.29 is 14.7 Å². The lowest BCUT2D eigenvalue weighted by atomic mass is 10.3. The number of aromatic amines is 1. The van der Waals surface area contributed by atoms with Crippen LogP contribution in [-0.2, 0) is 11.3 Å². The van der Waals surface area contributed by atoms with E-state index in [1.54, 1.807) is 6.20 Å². The molecule has 0 unspecified atom stereocenters. The van der Waals surface area contributed by atoms with Gasteiger partial charge in [-0.1, -0.05) is 0 Å². The van der Waals surface area contributed by atoms with Crippen molar-refractivity contribution in [1.29, 1.82) is 0 Å². The fraction of sp³-hybridized carbons (Fsp3) is 0.375. The Hall–Kier alpha value is -2.05. The quantitative estimate of drug-likeness (QED) is 0.548. The number of imidazole rings is 1. The standard InChI is InChI=1S/C8H12N4O3/c1-5(7(13)14)12-8(15)10-3-6-2-9-4-11-6/h2,4-5H,3H2,1H3,(H,9,11)(H,13,14)(H2,10,12,15)/t5-/m0/s1. The number of rotatable bonds is 4. The van der Waals surface area contributed by atoms with Gasteiger partial charge in [-0.25, -0.2) is 9.78 Å². The van der Waals surface area contributed by atoms with Gasteiger partial charge in [0, 0.05) is 6.20 Å². The summed E-state index contributed by atoms with van der Waals surface area (Å²) in [5.41, 5.74) is 0.744. The number of carboxylic acids is 1. The highest BCUT2D eigenvalue weighted by Gasteiger charge is 2.13. The second-order valence-corrected chi connectivity index (χ2v) is 2.96. The minimum atomic E-state index is -1.08. The first-order valence-electron chi connectivity index (χ1n) is 4.34. The third-order valence-electron chi connectivity index (χ3n) is 1.71. The highest BCUT2D eigenvalue weighted by Crippen LogP contribution is 1.89. The van der Waals surface area contributed by atoms with Crippen molar-refractivity contribution in [2.24, 2.45) is 0 Å². The molecular weight excluding hydrogens is 200 g/mol. The van der Waals surface area contributed by atoms with Gasteiger partial charge in [0.05, 0.1) is 18.6 Å². The van der Waals surface area contributed by atoms with Crippen LogP contribution in [0.4, 0.5) is 4.79 Å². The molecule has 0 fully saturated rings. The molecule has 4 N–H and O–H groups in total. The third kappa shape index (κ3) is 3.67. The number of H-pyrrole nitrogens is 1. The number of nitrogens with zero attached hydrogens (tertiary/aromatic N) is 1. The van der Waals surface area contributed by atoms with Crippen LogP contribution >= 0.6 is 0 Å². The van der Waals surface area contributed by atoms with E-state index in [1.165, 1.54) is 13.3 Å².